The van der Waals surface area contributed by atoms with Crippen molar-refractivity contribution < 1.29 is 27.9 Å². The number of hydrogen-bond donors (Lipinski definition) is 3. The number of hydrogen-bond acceptors (Lipinski definition) is 4. The van der Waals surface area contributed by atoms with E-state index in [0.717, 1.165) is 0 Å². The fourth-order valence-corrected chi connectivity index (χ4v) is 1.21. The summed E-state index contributed by atoms with van der Waals surface area (Å²) in [5.41, 5.74) is 5.39. The van der Waals surface area contributed by atoms with Gasteiger partial charge in [0.25, 0.3) is 0 Å². The highest BCUT2D eigenvalue weighted by Gasteiger charge is 2.31. The van der Waals surface area contributed by atoms with Gasteiger partial charge >= 0.3 is 6.18 Å². The molecule has 0 atom stereocenters. The normalized spacial score (nSPS) is 12.1. The molecule has 0 saturated heterocycles. The summed E-state index contributed by atoms with van der Waals surface area (Å²) in [4.78, 5) is 11.0. The fraction of sp³-hybridized carbons (Fsp3) is 0.273. The third-order valence-electron chi connectivity index (χ3n) is 2.01. The third-order valence-corrected chi connectivity index (χ3v) is 2.01. The Labute approximate surface area is 112 Å². The molecule has 1 aromatic carbocycles. The molecule has 9 heteroatoms. The molecule has 1 rings (SSSR count). The lowest BCUT2D eigenvalue weighted by atomic mass is 10.3. The smallest absolute Gasteiger partial charge is 0.397 e. The second-order valence-corrected chi connectivity index (χ2v) is 3.74. The van der Waals surface area contributed by atoms with Crippen molar-refractivity contribution in [3.63, 3.8) is 0 Å². The molecule has 110 valence electrons. The van der Waals surface area contributed by atoms with E-state index in [1.54, 1.807) is 0 Å². The average molecular weight is 291 g/mol. The number of alkyl halides is 3. The first kappa shape index (κ1) is 15.6. The van der Waals surface area contributed by atoms with Crippen LogP contribution in [-0.4, -0.2) is 29.7 Å². The number of anilines is 1. The Morgan fingerprint density at radius 3 is 2.45 bits per heavy atom. The topological polar surface area (TPSA) is 96.9 Å². The molecule has 20 heavy (non-hydrogen) atoms. The van der Waals surface area contributed by atoms with E-state index in [9.17, 15) is 18.0 Å². The summed E-state index contributed by atoms with van der Waals surface area (Å²) in [6.07, 6.45) is -6.09. The molecule has 0 aliphatic heterocycles. The Morgan fingerprint density at radius 2 is 1.95 bits per heavy atom. The SMILES string of the molecule is N/C(COc1ccc(NC(=O)CC(F)(F)F)cc1)=N\O. The highest BCUT2D eigenvalue weighted by Crippen LogP contribution is 2.21. The summed E-state index contributed by atoms with van der Waals surface area (Å²) in [7, 11) is 0. The summed E-state index contributed by atoms with van der Waals surface area (Å²) in [6, 6.07) is 5.59. The fourth-order valence-electron chi connectivity index (χ4n) is 1.21. The number of nitrogens with one attached hydrogen (secondary N) is 1. The van der Waals surface area contributed by atoms with Crippen LogP contribution in [0.5, 0.6) is 5.75 Å². The number of rotatable bonds is 5. The minimum atomic E-state index is -4.55. The van der Waals surface area contributed by atoms with Crippen molar-refractivity contribution in [3.05, 3.63) is 24.3 Å². The summed E-state index contributed by atoms with van der Waals surface area (Å²) in [5.74, 6) is -0.930. The van der Waals surface area contributed by atoms with Crippen LogP contribution in [-0.2, 0) is 4.79 Å². The number of nitrogens with zero attached hydrogens (tertiary/aromatic N) is 1. The molecular formula is C11H12F3N3O3. The maximum atomic E-state index is 12.0. The standard InChI is InChI=1S/C11H12F3N3O3/c12-11(13,14)5-10(18)16-7-1-3-8(4-2-7)20-6-9(15)17-19/h1-4,19H,5-6H2,(H2,15,17)(H,16,18). The minimum Gasteiger partial charge on any atom is -0.486 e. The molecule has 0 aliphatic rings. The van der Waals surface area contributed by atoms with Crippen molar-refractivity contribution in [1.82, 2.24) is 0 Å². The number of benzene rings is 1. The first-order valence-corrected chi connectivity index (χ1v) is 5.36. The maximum absolute atomic E-state index is 12.0. The lowest BCUT2D eigenvalue weighted by Gasteiger charge is -2.09. The van der Waals surface area contributed by atoms with Crippen molar-refractivity contribution >= 4 is 17.4 Å². The van der Waals surface area contributed by atoms with Crippen LogP contribution in [0.25, 0.3) is 0 Å². The number of amidine groups is 1. The van der Waals surface area contributed by atoms with E-state index in [0.29, 0.717) is 5.75 Å². The van der Waals surface area contributed by atoms with Crippen LogP contribution in [0.4, 0.5) is 18.9 Å². The monoisotopic (exact) mass is 291 g/mol. The number of nitrogens with two attached hydrogens (primary N) is 1. The van der Waals surface area contributed by atoms with Gasteiger partial charge in [-0.05, 0) is 24.3 Å². The highest BCUT2D eigenvalue weighted by atomic mass is 19.4. The van der Waals surface area contributed by atoms with Gasteiger partial charge < -0.3 is 21.0 Å². The lowest BCUT2D eigenvalue weighted by molar-refractivity contribution is -0.150. The molecule has 0 spiro atoms. The van der Waals surface area contributed by atoms with Gasteiger partial charge in [0.1, 0.15) is 18.8 Å². The van der Waals surface area contributed by atoms with Gasteiger partial charge in [0.05, 0.1) is 0 Å². The molecule has 0 aliphatic carbocycles. The van der Waals surface area contributed by atoms with Gasteiger partial charge in [-0.1, -0.05) is 5.16 Å². The lowest BCUT2D eigenvalue weighted by Crippen LogP contribution is -2.21. The van der Waals surface area contributed by atoms with Crippen LogP contribution in [0.3, 0.4) is 0 Å². The first-order valence-electron chi connectivity index (χ1n) is 5.36. The molecule has 0 unspecified atom stereocenters. The molecule has 1 aromatic rings. The van der Waals surface area contributed by atoms with E-state index < -0.39 is 18.5 Å². The van der Waals surface area contributed by atoms with E-state index in [1.807, 2.05) is 0 Å². The van der Waals surface area contributed by atoms with E-state index in [-0.39, 0.29) is 18.1 Å². The quantitative estimate of drug-likeness (QED) is 0.333. The number of ether oxygens (including phenoxy) is 1. The number of amides is 1. The van der Waals surface area contributed by atoms with Crippen molar-refractivity contribution in [2.24, 2.45) is 10.9 Å². The van der Waals surface area contributed by atoms with Gasteiger partial charge in [-0.2, -0.15) is 13.2 Å². The number of halogens is 3. The molecule has 0 aromatic heterocycles. The number of carbonyl (C=O) groups is 1. The molecule has 0 fully saturated rings. The van der Waals surface area contributed by atoms with Gasteiger partial charge in [0.2, 0.25) is 5.91 Å². The van der Waals surface area contributed by atoms with Gasteiger partial charge in [0, 0.05) is 5.69 Å². The summed E-state index contributed by atoms with van der Waals surface area (Å²) in [6.45, 7) is -0.143. The minimum absolute atomic E-state index is 0.132. The van der Waals surface area contributed by atoms with Crippen molar-refractivity contribution in [2.75, 3.05) is 11.9 Å². The van der Waals surface area contributed by atoms with E-state index in [4.69, 9.17) is 15.7 Å². The molecule has 4 N–H and O–H groups in total. The zero-order valence-electron chi connectivity index (χ0n) is 10.1. The van der Waals surface area contributed by atoms with Crippen LogP contribution < -0.4 is 15.8 Å². The average Bonchev–Trinajstić information content (AvgIpc) is 2.35. The Balaban J connectivity index is 2.52. The van der Waals surface area contributed by atoms with E-state index in [2.05, 4.69) is 10.5 Å². The van der Waals surface area contributed by atoms with Crippen molar-refractivity contribution in [2.45, 2.75) is 12.6 Å². The van der Waals surface area contributed by atoms with Crippen molar-refractivity contribution in [1.29, 1.82) is 0 Å². The molecule has 0 radical (unpaired) electrons. The Morgan fingerprint density at radius 1 is 1.35 bits per heavy atom. The van der Waals surface area contributed by atoms with Crippen molar-refractivity contribution in [3.8, 4) is 5.75 Å². The van der Waals surface area contributed by atoms with Gasteiger partial charge in [-0.25, -0.2) is 0 Å². The van der Waals surface area contributed by atoms with Crippen LogP contribution >= 0.6 is 0 Å². The molecular weight excluding hydrogens is 279 g/mol. The van der Waals surface area contributed by atoms with Crippen LogP contribution in [0.15, 0.2) is 29.4 Å². The van der Waals surface area contributed by atoms with Gasteiger partial charge in [-0.15, -0.1) is 0 Å². The largest absolute Gasteiger partial charge is 0.486 e. The molecule has 1 amide bonds. The van der Waals surface area contributed by atoms with Gasteiger partial charge in [-0.3, -0.25) is 4.79 Å². The summed E-state index contributed by atoms with van der Waals surface area (Å²) < 4.78 is 41.0. The van der Waals surface area contributed by atoms with Crippen LogP contribution in [0.1, 0.15) is 6.42 Å². The first-order chi connectivity index (χ1) is 9.30. The second-order valence-electron chi connectivity index (χ2n) is 3.74. The summed E-state index contributed by atoms with van der Waals surface area (Å²) in [5, 5.41) is 13.1. The van der Waals surface area contributed by atoms with E-state index in [1.165, 1.54) is 24.3 Å². The van der Waals surface area contributed by atoms with Crippen LogP contribution in [0, 0.1) is 0 Å². The second kappa shape index (κ2) is 6.64. The molecule has 0 saturated carbocycles. The molecule has 0 heterocycles. The Hall–Kier alpha value is -2.45. The zero-order chi connectivity index (χ0) is 15.2. The Kier molecular flexibility index (Phi) is 5.18. The third kappa shape index (κ3) is 5.94. The van der Waals surface area contributed by atoms with Crippen LogP contribution in [0.2, 0.25) is 0 Å². The summed E-state index contributed by atoms with van der Waals surface area (Å²) >= 11 is 0. The van der Waals surface area contributed by atoms with Gasteiger partial charge in [0.15, 0.2) is 5.84 Å². The predicted octanol–water partition coefficient (Wildman–Crippen LogP) is 1.70. The maximum Gasteiger partial charge on any atom is 0.397 e. The zero-order valence-corrected chi connectivity index (χ0v) is 10.1. The van der Waals surface area contributed by atoms with E-state index >= 15 is 0 Å². The number of oxime groups is 1. The predicted molar refractivity (Wildman–Crippen MR) is 64.6 cm³/mol. The molecule has 6 nitrogen and oxygen atoms in total. The highest BCUT2D eigenvalue weighted by molar-refractivity contribution is 5.91. The number of carbonyl (C=O) groups excluding carboxylic acids is 1. The molecule has 0 bridgehead atoms. The Bertz CT molecular complexity index is 486.